The molecule has 5 nitrogen and oxygen atoms in total. The SMILES string of the molecule is CN(C(=O)c1ccc(-c2ccccc2Cl)o1)C1CCS(=O)(=O)C1. The molecule has 1 aliphatic heterocycles. The number of rotatable bonds is 3. The summed E-state index contributed by atoms with van der Waals surface area (Å²) in [7, 11) is -1.44. The minimum Gasteiger partial charge on any atom is -0.451 e. The summed E-state index contributed by atoms with van der Waals surface area (Å²) in [5, 5.41) is 0.538. The normalized spacial score (nSPS) is 19.7. The number of sulfone groups is 1. The third kappa shape index (κ3) is 3.28. The largest absolute Gasteiger partial charge is 0.451 e. The van der Waals surface area contributed by atoms with Gasteiger partial charge in [0.1, 0.15) is 5.76 Å². The van der Waals surface area contributed by atoms with Crippen LogP contribution in [0.2, 0.25) is 5.02 Å². The summed E-state index contributed by atoms with van der Waals surface area (Å²) >= 11 is 6.12. The van der Waals surface area contributed by atoms with Crippen molar-refractivity contribution in [2.45, 2.75) is 12.5 Å². The fourth-order valence-electron chi connectivity index (χ4n) is 2.68. The molecule has 1 atom stereocenters. The van der Waals surface area contributed by atoms with E-state index in [1.54, 1.807) is 25.2 Å². The Morgan fingerprint density at radius 3 is 2.65 bits per heavy atom. The summed E-state index contributed by atoms with van der Waals surface area (Å²) in [5.41, 5.74) is 0.708. The van der Waals surface area contributed by atoms with Crippen LogP contribution < -0.4 is 0 Å². The first-order valence-electron chi connectivity index (χ1n) is 7.20. The minimum atomic E-state index is -3.04. The monoisotopic (exact) mass is 353 g/mol. The van der Waals surface area contributed by atoms with E-state index < -0.39 is 9.84 Å². The fourth-order valence-corrected chi connectivity index (χ4v) is 4.68. The molecule has 7 heteroatoms. The second-order valence-electron chi connectivity index (χ2n) is 5.62. The molecule has 0 saturated carbocycles. The van der Waals surface area contributed by atoms with Crippen LogP contribution in [0.5, 0.6) is 0 Å². The van der Waals surface area contributed by atoms with Crippen molar-refractivity contribution < 1.29 is 17.6 Å². The molecule has 1 unspecified atom stereocenters. The summed E-state index contributed by atoms with van der Waals surface area (Å²) in [6, 6.07) is 10.2. The maximum Gasteiger partial charge on any atom is 0.289 e. The molecular weight excluding hydrogens is 338 g/mol. The van der Waals surface area contributed by atoms with Gasteiger partial charge in [0.05, 0.1) is 16.5 Å². The lowest BCUT2D eigenvalue weighted by Gasteiger charge is -2.22. The quantitative estimate of drug-likeness (QED) is 0.850. The molecule has 2 aromatic rings. The summed E-state index contributed by atoms with van der Waals surface area (Å²) in [6.45, 7) is 0. The van der Waals surface area contributed by atoms with Gasteiger partial charge in [-0.3, -0.25) is 4.79 Å². The van der Waals surface area contributed by atoms with Crippen LogP contribution in [0.15, 0.2) is 40.8 Å². The molecule has 3 rings (SSSR count). The Kier molecular flexibility index (Phi) is 4.21. The van der Waals surface area contributed by atoms with Gasteiger partial charge in [0.25, 0.3) is 5.91 Å². The van der Waals surface area contributed by atoms with E-state index in [1.807, 2.05) is 18.2 Å². The third-order valence-electron chi connectivity index (χ3n) is 4.03. The van der Waals surface area contributed by atoms with Crippen molar-refractivity contribution >= 4 is 27.3 Å². The van der Waals surface area contributed by atoms with Crippen LogP contribution in [0.1, 0.15) is 17.0 Å². The van der Waals surface area contributed by atoms with Crippen LogP contribution in [0.4, 0.5) is 0 Å². The number of nitrogens with zero attached hydrogens (tertiary/aromatic N) is 1. The molecule has 1 amide bonds. The molecule has 1 aromatic carbocycles. The number of halogens is 1. The van der Waals surface area contributed by atoms with Gasteiger partial charge in [-0.25, -0.2) is 8.42 Å². The first kappa shape index (κ1) is 16.1. The molecule has 0 bridgehead atoms. The average molecular weight is 354 g/mol. The zero-order chi connectivity index (χ0) is 16.6. The van der Waals surface area contributed by atoms with Crippen LogP contribution in [-0.2, 0) is 9.84 Å². The maximum atomic E-state index is 12.5. The van der Waals surface area contributed by atoms with Crippen LogP contribution in [0, 0.1) is 0 Å². The smallest absolute Gasteiger partial charge is 0.289 e. The van der Waals surface area contributed by atoms with Gasteiger partial charge in [-0.05, 0) is 30.7 Å². The van der Waals surface area contributed by atoms with Crippen molar-refractivity contribution in [3.05, 3.63) is 47.2 Å². The topological polar surface area (TPSA) is 67.6 Å². The Morgan fingerprint density at radius 2 is 2.00 bits per heavy atom. The van der Waals surface area contributed by atoms with Gasteiger partial charge >= 0.3 is 0 Å². The maximum absolute atomic E-state index is 12.5. The molecule has 2 heterocycles. The highest BCUT2D eigenvalue weighted by molar-refractivity contribution is 7.91. The lowest BCUT2D eigenvalue weighted by molar-refractivity contribution is 0.0716. The molecule has 1 aliphatic rings. The number of amides is 1. The zero-order valence-electron chi connectivity index (χ0n) is 12.5. The van der Waals surface area contributed by atoms with E-state index in [2.05, 4.69) is 0 Å². The molecule has 1 fully saturated rings. The number of furan rings is 1. The molecule has 0 aliphatic carbocycles. The Bertz CT molecular complexity index is 843. The van der Waals surface area contributed by atoms with Gasteiger partial charge in [-0.1, -0.05) is 23.7 Å². The summed E-state index contributed by atoms with van der Waals surface area (Å²) in [5.74, 6) is 0.481. The Balaban J connectivity index is 1.80. The van der Waals surface area contributed by atoms with Gasteiger partial charge in [0, 0.05) is 18.7 Å². The number of carbonyl (C=O) groups excluding carboxylic acids is 1. The molecule has 1 aromatic heterocycles. The van der Waals surface area contributed by atoms with E-state index >= 15 is 0 Å². The van der Waals surface area contributed by atoms with Crippen LogP contribution in [0.25, 0.3) is 11.3 Å². The summed E-state index contributed by atoms with van der Waals surface area (Å²) in [4.78, 5) is 13.9. The van der Waals surface area contributed by atoms with Crippen molar-refractivity contribution in [1.82, 2.24) is 4.90 Å². The van der Waals surface area contributed by atoms with E-state index in [9.17, 15) is 13.2 Å². The van der Waals surface area contributed by atoms with E-state index in [0.29, 0.717) is 22.8 Å². The van der Waals surface area contributed by atoms with Crippen molar-refractivity contribution in [2.75, 3.05) is 18.6 Å². The molecule has 23 heavy (non-hydrogen) atoms. The number of hydrogen-bond acceptors (Lipinski definition) is 4. The highest BCUT2D eigenvalue weighted by atomic mass is 35.5. The molecule has 122 valence electrons. The molecule has 0 radical (unpaired) electrons. The van der Waals surface area contributed by atoms with E-state index in [1.165, 1.54) is 4.90 Å². The second kappa shape index (κ2) is 6.02. The Hall–Kier alpha value is -1.79. The first-order valence-corrected chi connectivity index (χ1v) is 9.39. The van der Waals surface area contributed by atoms with Crippen LogP contribution in [0.3, 0.4) is 0 Å². The van der Waals surface area contributed by atoms with Crippen molar-refractivity contribution in [3.63, 3.8) is 0 Å². The van der Waals surface area contributed by atoms with Gasteiger partial charge in [-0.15, -0.1) is 0 Å². The van der Waals surface area contributed by atoms with Gasteiger partial charge in [0.2, 0.25) is 0 Å². The Labute approximate surface area is 139 Å². The predicted molar refractivity (Wildman–Crippen MR) is 88.3 cm³/mol. The van der Waals surface area contributed by atoms with Crippen LogP contribution >= 0.6 is 11.6 Å². The summed E-state index contributed by atoms with van der Waals surface area (Å²) in [6.07, 6.45) is 0.461. The van der Waals surface area contributed by atoms with E-state index in [-0.39, 0.29) is 29.2 Å². The first-order chi connectivity index (χ1) is 10.9. The number of benzene rings is 1. The zero-order valence-corrected chi connectivity index (χ0v) is 14.1. The predicted octanol–water partition coefficient (Wildman–Crippen LogP) is 2.86. The van der Waals surface area contributed by atoms with Crippen molar-refractivity contribution in [1.29, 1.82) is 0 Å². The van der Waals surface area contributed by atoms with Gasteiger partial charge in [-0.2, -0.15) is 0 Å². The average Bonchev–Trinajstić information content (AvgIpc) is 3.13. The lowest BCUT2D eigenvalue weighted by Crippen LogP contribution is -2.37. The van der Waals surface area contributed by atoms with E-state index in [0.717, 1.165) is 0 Å². The Morgan fingerprint density at radius 1 is 1.26 bits per heavy atom. The van der Waals surface area contributed by atoms with Crippen molar-refractivity contribution in [3.8, 4) is 11.3 Å². The standard InChI is InChI=1S/C16H16ClNO4S/c1-18(11-8-9-23(20,21)10-11)16(19)15-7-6-14(22-15)12-4-2-3-5-13(12)17/h2-7,11H,8-10H2,1H3. The minimum absolute atomic E-state index is 0.00726. The van der Waals surface area contributed by atoms with Crippen molar-refractivity contribution in [2.24, 2.45) is 0 Å². The molecule has 0 N–H and O–H groups in total. The summed E-state index contributed by atoms with van der Waals surface area (Å²) < 4.78 is 28.7. The molecule has 0 spiro atoms. The lowest BCUT2D eigenvalue weighted by atomic mass is 10.2. The van der Waals surface area contributed by atoms with Gasteiger partial charge < -0.3 is 9.32 Å². The van der Waals surface area contributed by atoms with Crippen LogP contribution in [-0.4, -0.2) is 43.8 Å². The number of hydrogen-bond donors (Lipinski definition) is 0. The number of carbonyl (C=O) groups is 1. The van der Waals surface area contributed by atoms with E-state index in [4.69, 9.17) is 16.0 Å². The third-order valence-corrected chi connectivity index (χ3v) is 6.11. The fraction of sp³-hybridized carbons (Fsp3) is 0.312. The van der Waals surface area contributed by atoms with Gasteiger partial charge in [0.15, 0.2) is 15.6 Å². The second-order valence-corrected chi connectivity index (χ2v) is 8.25. The molecular formula is C16H16ClNO4S. The molecule has 1 saturated heterocycles. The highest BCUT2D eigenvalue weighted by Crippen LogP contribution is 2.29. The highest BCUT2D eigenvalue weighted by Gasteiger charge is 2.33.